The Balaban J connectivity index is 2.08. The molecular weight excluding hydrogens is 219 g/mol. The van der Waals surface area contributed by atoms with Crippen molar-refractivity contribution < 1.29 is 0 Å². The van der Waals surface area contributed by atoms with E-state index in [9.17, 15) is 0 Å². The average molecular weight is 231 g/mol. The van der Waals surface area contributed by atoms with Gasteiger partial charge in [-0.3, -0.25) is 4.90 Å². The van der Waals surface area contributed by atoms with E-state index in [1.807, 2.05) is 6.07 Å². The van der Waals surface area contributed by atoms with Gasteiger partial charge in [0.25, 0.3) is 0 Å². The zero-order valence-electron chi connectivity index (χ0n) is 7.84. The summed E-state index contributed by atoms with van der Waals surface area (Å²) in [5.41, 5.74) is 1.07. The van der Waals surface area contributed by atoms with Gasteiger partial charge in [-0.25, -0.2) is 4.98 Å². The summed E-state index contributed by atoms with van der Waals surface area (Å²) in [6.07, 6.45) is 2.58. The fourth-order valence-corrected chi connectivity index (χ4v) is 2.15. The SMILES string of the molecule is Clc1ccc(CN2CCCC2)c(Cl)n1. The molecule has 1 saturated heterocycles. The van der Waals surface area contributed by atoms with Crippen molar-refractivity contribution in [2.45, 2.75) is 19.4 Å². The van der Waals surface area contributed by atoms with Crippen molar-refractivity contribution in [3.8, 4) is 0 Å². The van der Waals surface area contributed by atoms with Crippen LogP contribution in [0.5, 0.6) is 0 Å². The molecule has 0 saturated carbocycles. The molecular formula is C10H12Cl2N2. The smallest absolute Gasteiger partial charge is 0.135 e. The lowest BCUT2D eigenvalue weighted by atomic mass is 10.3. The van der Waals surface area contributed by atoms with Crippen LogP contribution >= 0.6 is 23.2 Å². The highest BCUT2D eigenvalue weighted by molar-refractivity contribution is 6.32. The third-order valence-corrected chi connectivity index (χ3v) is 3.02. The predicted octanol–water partition coefficient (Wildman–Crippen LogP) is 2.98. The second kappa shape index (κ2) is 4.47. The molecule has 0 bridgehead atoms. The summed E-state index contributed by atoms with van der Waals surface area (Å²) in [4.78, 5) is 6.41. The number of hydrogen-bond donors (Lipinski definition) is 0. The predicted molar refractivity (Wildman–Crippen MR) is 58.8 cm³/mol. The lowest BCUT2D eigenvalue weighted by Crippen LogP contribution is -2.18. The molecule has 1 aliphatic heterocycles. The van der Waals surface area contributed by atoms with Crippen LogP contribution in [0, 0.1) is 0 Å². The number of halogens is 2. The largest absolute Gasteiger partial charge is 0.299 e. The second-order valence-corrected chi connectivity index (χ2v) is 4.31. The van der Waals surface area contributed by atoms with Crippen LogP contribution in [-0.4, -0.2) is 23.0 Å². The van der Waals surface area contributed by atoms with E-state index >= 15 is 0 Å². The van der Waals surface area contributed by atoms with E-state index in [0.29, 0.717) is 10.3 Å². The van der Waals surface area contributed by atoms with Crippen molar-refractivity contribution in [1.82, 2.24) is 9.88 Å². The number of hydrogen-bond acceptors (Lipinski definition) is 2. The van der Waals surface area contributed by atoms with Crippen molar-refractivity contribution in [1.29, 1.82) is 0 Å². The Morgan fingerprint density at radius 2 is 1.93 bits per heavy atom. The summed E-state index contributed by atoms with van der Waals surface area (Å²) in [6, 6.07) is 3.74. The maximum absolute atomic E-state index is 5.99. The van der Waals surface area contributed by atoms with Crippen molar-refractivity contribution in [2.75, 3.05) is 13.1 Å². The highest BCUT2D eigenvalue weighted by Gasteiger charge is 2.13. The molecule has 0 N–H and O–H groups in total. The third kappa shape index (κ3) is 2.38. The molecule has 0 amide bonds. The Hall–Kier alpha value is -0.310. The monoisotopic (exact) mass is 230 g/mol. The minimum Gasteiger partial charge on any atom is -0.299 e. The van der Waals surface area contributed by atoms with E-state index in [-0.39, 0.29) is 0 Å². The summed E-state index contributed by atoms with van der Waals surface area (Å²) in [5.74, 6) is 0. The number of nitrogens with zero attached hydrogens (tertiary/aromatic N) is 2. The molecule has 76 valence electrons. The lowest BCUT2D eigenvalue weighted by molar-refractivity contribution is 0.331. The number of likely N-dealkylation sites (tertiary alicyclic amines) is 1. The standard InChI is InChI=1S/C10H12Cl2N2/c11-9-4-3-8(10(12)13-9)7-14-5-1-2-6-14/h3-4H,1-2,5-7H2. The molecule has 0 aromatic carbocycles. The summed E-state index contributed by atoms with van der Waals surface area (Å²) >= 11 is 11.7. The van der Waals surface area contributed by atoms with Gasteiger partial charge in [0.05, 0.1) is 0 Å². The molecule has 0 atom stereocenters. The van der Waals surface area contributed by atoms with Crippen LogP contribution in [0.2, 0.25) is 10.3 Å². The lowest BCUT2D eigenvalue weighted by Gasteiger charge is -2.14. The van der Waals surface area contributed by atoms with Gasteiger partial charge in [0.1, 0.15) is 10.3 Å². The minimum atomic E-state index is 0.458. The summed E-state index contributed by atoms with van der Waals surface area (Å²) < 4.78 is 0. The first-order valence-corrected chi connectivity index (χ1v) is 5.54. The van der Waals surface area contributed by atoms with Crippen molar-refractivity contribution in [2.24, 2.45) is 0 Å². The van der Waals surface area contributed by atoms with E-state index in [1.165, 1.54) is 25.9 Å². The van der Waals surface area contributed by atoms with E-state index in [0.717, 1.165) is 12.1 Å². The average Bonchev–Trinajstić information content (AvgIpc) is 2.62. The third-order valence-electron chi connectivity index (χ3n) is 2.48. The van der Waals surface area contributed by atoms with Crippen LogP contribution in [0.3, 0.4) is 0 Å². The quantitative estimate of drug-likeness (QED) is 0.727. The molecule has 1 aromatic heterocycles. The van der Waals surface area contributed by atoms with Gasteiger partial charge in [-0.2, -0.15) is 0 Å². The first-order valence-electron chi connectivity index (χ1n) is 4.79. The summed E-state index contributed by atoms with van der Waals surface area (Å²) in [7, 11) is 0. The molecule has 1 aliphatic rings. The molecule has 2 heterocycles. The molecule has 4 heteroatoms. The molecule has 0 unspecified atom stereocenters. The van der Waals surface area contributed by atoms with Crippen LogP contribution in [0.25, 0.3) is 0 Å². The van der Waals surface area contributed by atoms with Gasteiger partial charge in [0, 0.05) is 12.1 Å². The van der Waals surface area contributed by atoms with Gasteiger partial charge in [-0.05, 0) is 32.0 Å². The molecule has 2 rings (SSSR count). The van der Waals surface area contributed by atoms with Crippen LogP contribution in [-0.2, 0) is 6.54 Å². The minimum absolute atomic E-state index is 0.458. The van der Waals surface area contributed by atoms with Crippen LogP contribution < -0.4 is 0 Å². The molecule has 1 fully saturated rings. The summed E-state index contributed by atoms with van der Waals surface area (Å²) in [5, 5.41) is 0.990. The van der Waals surface area contributed by atoms with Gasteiger partial charge in [0.2, 0.25) is 0 Å². The normalized spacial score (nSPS) is 17.6. The van der Waals surface area contributed by atoms with E-state index in [1.54, 1.807) is 6.07 Å². The Labute approximate surface area is 93.8 Å². The molecule has 1 aromatic rings. The molecule has 2 nitrogen and oxygen atoms in total. The van der Waals surface area contributed by atoms with E-state index in [2.05, 4.69) is 9.88 Å². The Morgan fingerprint density at radius 1 is 1.21 bits per heavy atom. The number of rotatable bonds is 2. The fraction of sp³-hybridized carbons (Fsp3) is 0.500. The van der Waals surface area contributed by atoms with Gasteiger partial charge >= 0.3 is 0 Å². The van der Waals surface area contributed by atoms with Crippen LogP contribution in [0.15, 0.2) is 12.1 Å². The molecule has 0 radical (unpaired) electrons. The van der Waals surface area contributed by atoms with Gasteiger partial charge in [-0.1, -0.05) is 29.3 Å². The van der Waals surface area contributed by atoms with Gasteiger partial charge in [-0.15, -0.1) is 0 Å². The molecule has 0 spiro atoms. The second-order valence-electron chi connectivity index (χ2n) is 3.57. The van der Waals surface area contributed by atoms with E-state index < -0.39 is 0 Å². The molecule has 0 aliphatic carbocycles. The zero-order valence-corrected chi connectivity index (χ0v) is 9.35. The van der Waals surface area contributed by atoms with Crippen molar-refractivity contribution >= 4 is 23.2 Å². The van der Waals surface area contributed by atoms with Gasteiger partial charge < -0.3 is 0 Å². The van der Waals surface area contributed by atoms with Crippen molar-refractivity contribution in [3.05, 3.63) is 28.0 Å². The van der Waals surface area contributed by atoms with Crippen LogP contribution in [0.4, 0.5) is 0 Å². The Bertz CT molecular complexity index is 322. The Morgan fingerprint density at radius 3 is 2.57 bits per heavy atom. The fourth-order valence-electron chi connectivity index (χ4n) is 1.74. The summed E-state index contributed by atoms with van der Waals surface area (Å²) in [6.45, 7) is 3.22. The highest BCUT2D eigenvalue weighted by Crippen LogP contribution is 2.20. The first kappa shape index (κ1) is 10.2. The Kier molecular flexibility index (Phi) is 3.26. The topological polar surface area (TPSA) is 16.1 Å². The van der Waals surface area contributed by atoms with Gasteiger partial charge in [0.15, 0.2) is 0 Å². The number of pyridine rings is 1. The zero-order chi connectivity index (χ0) is 9.97. The van der Waals surface area contributed by atoms with Crippen LogP contribution in [0.1, 0.15) is 18.4 Å². The van der Waals surface area contributed by atoms with Crippen molar-refractivity contribution in [3.63, 3.8) is 0 Å². The first-order chi connectivity index (χ1) is 6.75. The highest BCUT2D eigenvalue weighted by atomic mass is 35.5. The molecule has 14 heavy (non-hydrogen) atoms. The maximum Gasteiger partial charge on any atom is 0.135 e. The maximum atomic E-state index is 5.99. The van der Waals surface area contributed by atoms with E-state index in [4.69, 9.17) is 23.2 Å². The number of aromatic nitrogens is 1.